The van der Waals surface area contributed by atoms with Crippen molar-refractivity contribution >= 4 is 28.9 Å². The number of hydrogen-bond donors (Lipinski definition) is 2. The third-order valence-electron chi connectivity index (χ3n) is 4.97. The van der Waals surface area contributed by atoms with Crippen LogP contribution in [0.25, 0.3) is 17.1 Å². The van der Waals surface area contributed by atoms with Gasteiger partial charge in [0.05, 0.1) is 12.8 Å². The van der Waals surface area contributed by atoms with E-state index in [9.17, 15) is 14.7 Å². The molecule has 0 aromatic carbocycles. The number of carbonyl (C=O) groups is 2. The van der Waals surface area contributed by atoms with Gasteiger partial charge >= 0.3 is 5.97 Å². The summed E-state index contributed by atoms with van der Waals surface area (Å²) in [6, 6.07) is 5.55. The lowest BCUT2D eigenvalue weighted by atomic mass is 10.1. The molecule has 0 saturated carbocycles. The van der Waals surface area contributed by atoms with Crippen molar-refractivity contribution in [2.45, 2.75) is 13.0 Å². The van der Waals surface area contributed by atoms with E-state index in [0.717, 1.165) is 16.7 Å². The highest BCUT2D eigenvalue weighted by atomic mass is 16.5. The third-order valence-corrected chi connectivity index (χ3v) is 4.97. The molecule has 0 atom stereocenters. The number of carboxylic acids is 1. The molecular weight excluding hydrogens is 362 g/mol. The van der Waals surface area contributed by atoms with Crippen LogP contribution in [0, 0.1) is 0 Å². The molecule has 0 unspecified atom stereocenters. The first-order valence-corrected chi connectivity index (χ1v) is 8.76. The van der Waals surface area contributed by atoms with Gasteiger partial charge in [0.15, 0.2) is 11.3 Å². The Hall–Kier alpha value is -3.81. The van der Waals surface area contributed by atoms with Crippen molar-refractivity contribution in [3.05, 3.63) is 71.0 Å². The van der Waals surface area contributed by atoms with E-state index in [1.54, 1.807) is 35.7 Å². The SMILES string of the molecule is O=C(O)C1=C(N2CCc3ccoc3C2)O/C(=C\c2c[nH]c3ncccc23)C1=O. The third kappa shape index (κ3) is 2.50. The molecule has 2 aliphatic heterocycles. The summed E-state index contributed by atoms with van der Waals surface area (Å²) in [6.07, 6.45) is 7.20. The van der Waals surface area contributed by atoms with E-state index in [0.29, 0.717) is 30.7 Å². The predicted octanol–water partition coefficient (Wildman–Crippen LogP) is 2.45. The topological polar surface area (TPSA) is 109 Å². The molecule has 0 spiro atoms. The van der Waals surface area contributed by atoms with Gasteiger partial charge in [0.25, 0.3) is 0 Å². The highest BCUT2D eigenvalue weighted by Gasteiger charge is 2.39. The summed E-state index contributed by atoms with van der Waals surface area (Å²) in [4.78, 5) is 33.5. The highest BCUT2D eigenvalue weighted by molar-refractivity contribution is 6.26. The summed E-state index contributed by atoms with van der Waals surface area (Å²) < 4.78 is 11.2. The fraction of sp³-hybridized carbons (Fsp3) is 0.150. The van der Waals surface area contributed by atoms with E-state index in [2.05, 4.69) is 9.97 Å². The van der Waals surface area contributed by atoms with E-state index in [4.69, 9.17) is 9.15 Å². The summed E-state index contributed by atoms with van der Waals surface area (Å²) in [5, 5.41) is 10.4. The Morgan fingerprint density at radius 1 is 1.36 bits per heavy atom. The molecule has 0 saturated heterocycles. The molecule has 5 rings (SSSR count). The number of nitrogens with one attached hydrogen (secondary N) is 1. The fourth-order valence-electron chi connectivity index (χ4n) is 3.58. The number of ketones is 1. The van der Waals surface area contributed by atoms with Crippen molar-refractivity contribution in [2.75, 3.05) is 6.54 Å². The summed E-state index contributed by atoms with van der Waals surface area (Å²) in [5.74, 6) is -1.17. The van der Waals surface area contributed by atoms with Crippen LogP contribution in [0.15, 0.2) is 58.5 Å². The Labute approximate surface area is 158 Å². The van der Waals surface area contributed by atoms with Gasteiger partial charge in [-0.3, -0.25) is 4.79 Å². The molecule has 0 radical (unpaired) electrons. The Kier molecular flexibility index (Phi) is 3.58. The van der Waals surface area contributed by atoms with Crippen LogP contribution in [0.4, 0.5) is 0 Å². The van der Waals surface area contributed by atoms with Gasteiger partial charge in [0.2, 0.25) is 11.7 Å². The molecule has 3 aromatic heterocycles. The molecule has 8 nitrogen and oxygen atoms in total. The maximum Gasteiger partial charge on any atom is 0.345 e. The Bertz CT molecular complexity index is 1180. The molecular formula is C20H15N3O5. The minimum atomic E-state index is -1.31. The van der Waals surface area contributed by atoms with Crippen molar-refractivity contribution in [1.82, 2.24) is 14.9 Å². The largest absolute Gasteiger partial charge is 0.477 e. The molecule has 2 aliphatic rings. The van der Waals surface area contributed by atoms with Crippen molar-refractivity contribution in [3.63, 3.8) is 0 Å². The lowest BCUT2D eigenvalue weighted by Crippen LogP contribution is -2.30. The van der Waals surface area contributed by atoms with E-state index in [-0.39, 0.29) is 17.2 Å². The zero-order valence-corrected chi connectivity index (χ0v) is 14.6. The number of furan rings is 1. The molecule has 0 amide bonds. The molecule has 0 bridgehead atoms. The van der Waals surface area contributed by atoms with E-state index in [1.807, 2.05) is 12.1 Å². The van der Waals surface area contributed by atoms with Crippen molar-refractivity contribution < 1.29 is 23.8 Å². The van der Waals surface area contributed by atoms with Crippen LogP contribution < -0.4 is 0 Å². The fourth-order valence-corrected chi connectivity index (χ4v) is 3.58. The molecule has 28 heavy (non-hydrogen) atoms. The van der Waals surface area contributed by atoms with Crippen LogP contribution in [0.1, 0.15) is 16.9 Å². The minimum absolute atomic E-state index is 0.0256. The highest BCUT2D eigenvalue weighted by Crippen LogP contribution is 2.33. The number of H-pyrrole nitrogens is 1. The summed E-state index contributed by atoms with van der Waals surface area (Å²) >= 11 is 0. The van der Waals surface area contributed by atoms with Crippen molar-refractivity contribution in [1.29, 1.82) is 0 Å². The zero-order chi connectivity index (χ0) is 19.3. The van der Waals surface area contributed by atoms with Gasteiger partial charge in [-0.1, -0.05) is 0 Å². The maximum absolute atomic E-state index is 12.8. The molecule has 2 N–H and O–H groups in total. The maximum atomic E-state index is 12.8. The number of Topliss-reactive ketones (excluding diaryl/α,β-unsaturated/α-hetero) is 1. The number of aromatic nitrogens is 2. The molecule has 140 valence electrons. The number of carbonyl (C=O) groups excluding carboxylic acids is 1. The van der Waals surface area contributed by atoms with Crippen LogP contribution in [-0.4, -0.2) is 38.3 Å². The van der Waals surface area contributed by atoms with Crippen LogP contribution in [0.3, 0.4) is 0 Å². The molecule has 0 fully saturated rings. The average Bonchev–Trinajstić information content (AvgIpc) is 3.39. The van der Waals surface area contributed by atoms with Gasteiger partial charge in [-0.25, -0.2) is 9.78 Å². The zero-order valence-electron chi connectivity index (χ0n) is 14.6. The van der Waals surface area contributed by atoms with Gasteiger partial charge in [-0.15, -0.1) is 0 Å². The Balaban J connectivity index is 1.51. The number of carboxylic acid groups (broad SMARTS) is 1. The molecule has 5 heterocycles. The quantitative estimate of drug-likeness (QED) is 0.533. The number of rotatable bonds is 3. The Morgan fingerprint density at radius 2 is 2.25 bits per heavy atom. The number of ether oxygens (including phenoxy) is 1. The standard InChI is InChI=1S/C20H15N3O5/c24-17-14(8-12-9-22-18-13(12)2-1-5-21-18)28-19(16(17)20(25)26)23-6-3-11-4-7-27-15(11)10-23/h1-2,4-5,7-9H,3,6,10H2,(H,21,22)(H,25,26)/b14-8-. The first-order chi connectivity index (χ1) is 13.6. The lowest BCUT2D eigenvalue weighted by Gasteiger charge is -2.28. The number of fused-ring (bicyclic) bond motifs is 2. The van der Waals surface area contributed by atoms with Crippen LogP contribution in [0.2, 0.25) is 0 Å². The second-order valence-electron chi connectivity index (χ2n) is 6.61. The second-order valence-corrected chi connectivity index (χ2v) is 6.61. The monoisotopic (exact) mass is 377 g/mol. The van der Waals surface area contributed by atoms with Gasteiger partial charge in [-0.05, 0) is 36.3 Å². The van der Waals surface area contributed by atoms with Gasteiger partial charge < -0.3 is 24.1 Å². The molecule has 8 heteroatoms. The van der Waals surface area contributed by atoms with Gasteiger partial charge in [-0.2, -0.15) is 0 Å². The molecule has 0 aliphatic carbocycles. The second kappa shape index (κ2) is 6.12. The van der Waals surface area contributed by atoms with Crippen LogP contribution >= 0.6 is 0 Å². The van der Waals surface area contributed by atoms with Crippen molar-refractivity contribution in [3.8, 4) is 0 Å². The summed E-state index contributed by atoms with van der Waals surface area (Å²) in [7, 11) is 0. The van der Waals surface area contributed by atoms with E-state index >= 15 is 0 Å². The van der Waals surface area contributed by atoms with E-state index < -0.39 is 11.8 Å². The van der Waals surface area contributed by atoms with Crippen LogP contribution in [-0.2, 0) is 27.3 Å². The lowest BCUT2D eigenvalue weighted by molar-refractivity contribution is -0.134. The van der Waals surface area contributed by atoms with Crippen LogP contribution in [0.5, 0.6) is 0 Å². The number of aromatic amines is 1. The summed E-state index contributed by atoms with van der Waals surface area (Å²) in [5.41, 5.74) is 2.09. The van der Waals surface area contributed by atoms with Crippen molar-refractivity contribution in [2.24, 2.45) is 0 Å². The summed E-state index contributed by atoms with van der Waals surface area (Å²) in [6.45, 7) is 0.891. The Morgan fingerprint density at radius 3 is 3.11 bits per heavy atom. The first-order valence-electron chi connectivity index (χ1n) is 8.76. The number of aliphatic carboxylic acids is 1. The number of hydrogen-bond acceptors (Lipinski definition) is 6. The minimum Gasteiger partial charge on any atom is -0.477 e. The number of nitrogens with zero attached hydrogens (tertiary/aromatic N) is 2. The molecule has 3 aromatic rings. The number of allylic oxidation sites excluding steroid dienone is 1. The normalized spacial score (nSPS) is 18.1. The smallest absolute Gasteiger partial charge is 0.345 e. The number of pyridine rings is 1. The van der Waals surface area contributed by atoms with Gasteiger partial charge in [0.1, 0.15) is 11.4 Å². The average molecular weight is 377 g/mol. The van der Waals surface area contributed by atoms with Gasteiger partial charge in [0, 0.05) is 29.9 Å². The first kappa shape index (κ1) is 16.4. The predicted molar refractivity (Wildman–Crippen MR) is 97.6 cm³/mol. The van der Waals surface area contributed by atoms with E-state index in [1.165, 1.54) is 0 Å².